The van der Waals surface area contributed by atoms with Crippen molar-refractivity contribution in [1.82, 2.24) is 0 Å². The predicted molar refractivity (Wildman–Crippen MR) is 96.3 cm³/mol. The van der Waals surface area contributed by atoms with Crippen molar-refractivity contribution < 1.29 is 0 Å². The fraction of sp³-hybridized carbons (Fsp3) is 0.462. The third kappa shape index (κ3) is 4.22. The van der Waals surface area contributed by atoms with Gasteiger partial charge in [-0.2, -0.15) is 0 Å². The summed E-state index contributed by atoms with van der Waals surface area (Å²) in [5.41, 5.74) is 1.03. The molecule has 0 aromatic heterocycles. The van der Waals surface area contributed by atoms with Crippen LogP contribution < -0.4 is 5.32 Å². The minimum atomic E-state index is 0.428. The topological polar surface area (TPSA) is 24.4 Å². The molecule has 1 atom stereocenters. The quantitative estimate of drug-likeness (QED) is 0.581. The predicted octanol–water partition coefficient (Wildman–Crippen LogP) is 5.90. The molecule has 0 saturated carbocycles. The number of hydrogen-bond acceptors (Lipinski definition) is 3. The molecular formula is C13H15Br3N2S. The summed E-state index contributed by atoms with van der Waals surface area (Å²) in [5.74, 6) is 1.72. The first-order valence-corrected chi connectivity index (χ1v) is 9.46. The molecule has 0 fully saturated rings. The number of hydrogen-bond donors (Lipinski definition) is 1. The molecule has 0 aliphatic carbocycles. The van der Waals surface area contributed by atoms with Gasteiger partial charge in [0.05, 0.1) is 11.7 Å². The Balaban J connectivity index is 2.22. The summed E-state index contributed by atoms with van der Waals surface area (Å²) in [6, 6.07) is 4.49. The zero-order chi connectivity index (χ0) is 14.0. The van der Waals surface area contributed by atoms with Crippen molar-refractivity contribution in [2.24, 2.45) is 10.9 Å². The number of aliphatic imine (C=N–C) groups is 1. The molecule has 1 unspecified atom stereocenters. The highest BCUT2D eigenvalue weighted by Gasteiger charge is 2.19. The van der Waals surface area contributed by atoms with Crippen LogP contribution in [-0.2, 0) is 0 Å². The number of halogens is 3. The second kappa shape index (κ2) is 6.96. The molecule has 0 saturated heterocycles. The van der Waals surface area contributed by atoms with Crippen LogP contribution in [0.4, 0.5) is 5.69 Å². The second-order valence-corrected chi connectivity index (χ2v) is 8.46. The first kappa shape index (κ1) is 15.9. The number of nitrogens with zero attached hydrogens (tertiary/aromatic N) is 1. The van der Waals surface area contributed by atoms with E-state index in [2.05, 4.69) is 67.0 Å². The Morgan fingerprint density at radius 3 is 2.47 bits per heavy atom. The molecule has 1 N–H and O–H groups in total. The summed E-state index contributed by atoms with van der Waals surface area (Å²) in [7, 11) is 0. The van der Waals surface area contributed by atoms with E-state index in [0.717, 1.165) is 36.4 Å². The van der Waals surface area contributed by atoms with Crippen molar-refractivity contribution in [3.63, 3.8) is 0 Å². The molecule has 1 aliphatic rings. The lowest BCUT2D eigenvalue weighted by molar-refractivity contribution is 0.485. The molecule has 104 valence electrons. The van der Waals surface area contributed by atoms with E-state index < -0.39 is 0 Å². The van der Waals surface area contributed by atoms with Gasteiger partial charge in [0.2, 0.25) is 0 Å². The molecule has 0 radical (unpaired) electrons. The molecule has 1 heterocycles. The minimum Gasteiger partial charge on any atom is -0.333 e. The van der Waals surface area contributed by atoms with Gasteiger partial charge in [0.1, 0.15) is 0 Å². The molecule has 2 rings (SSSR count). The maximum Gasteiger partial charge on any atom is 0.161 e. The smallest absolute Gasteiger partial charge is 0.161 e. The number of nitrogens with one attached hydrogen (secondary N) is 1. The van der Waals surface area contributed by atoms with E-state index in [-0.39, 0.29) is 0 Å². The highest BCUT2D eigenvalue weighted by Crippen LogP contribution is 2.35. The fourth-order valence-electron chi connectivity index (χ4n) is 1.85. The fourth-order valence-corrected chi connectivity index (χ4v) is 5.24. The molecule has 2 nitrogen and oxygen atoms in total. The van der Waals surface area contributed by atoms with Crippen LogP contribution in [0.15, 0.2) is 30.5 Å². The van der Waals surface area contributed by atoms with Gasteiger partial charge in [0.15, 0.2) is 5.17 Å². The average Bonchev–Trinajstić information content (AvgIpc) is 2.34. The van der Waals surface area contributed by atoms with Gasteiger partial charge >= 0.3 is 0 Å². The van der Waals surface area contributed by atoms with Crippen LogP contribution in [0.3, 0.4) is 0 Å². The Morgan fingerprint density at radius 1 is 1.26 bits per heavy atom. The number of benzene rings is 1. The van der Waals surface area contributed by atoms with E-state index >= 15 is 0 Å². The van der Waals surface area contributed by atoms with Crippen molar-refractivity contribution in [3.05, 3.63) is 25.6 Å². The monoisotopic (exact) mass is 468 g/mol. The molecule has 6 heteroatoms. The van der Waals surface area contributed by atoms with E-state index in [1.807, 2.05) is 12.1 Å². The molecule has 0 amide bonds. The number of anilines is 1. The average molecular weight is 471 g/mol. The third-order valence-electron chi connectivity index (χ3n) is 2.94. The van der Waals surface area contributed by atoms with Gasteiger partial charge in [0, 0.05) is 19.2 Å². The van der Waals surface area contributed by atoms with E-state index in [1.54, 1.807) is 11.8 Å². The standard InChI is InChI=1S/C13H15Br3N2S/c1-7(2)11-3-4-19-13(17-11)18-12-9(15)5-8(14)6-10(12)16/h5-7,11H,3-4H2,1-2H3,(H,17,18). The van der Waals surface area contributed by atoms with E-state index in [9.17, 15) is 0 Å². The zero-order valence-electron chi connectivity index (χ0n) is 10.7. The Labute approximate surface area is 143 Å². The highest BCUT2D eigenvalue weighted by molar-refractivity contribution is 9.11. The number of thioether (sulfide) groups is 1. The summed E-state index contributed by atoms with van der Waals surface area (Å²) in [6.07, 6.45) is 1.16. The van der Waals surface area contributed by atoms with Crippen LogP contribution in [0.1, 0.15) is 20.3 Å². The molecule has 19 heavy (non-hydrogen) atoms. The largest absolute Gasteiger partial charge is 0.333 e. The number of rotatable bonds is 2. The molecule has 0 spiro atoms. The lowest BCUT2D eigenvalue weighted by atomic mass is 10.0. The van der Waals surface area contributed by atoms with Crippen LogP contribution in [0.25, 0.3) is 0 Å². The maximum absolute atomic E-state index is 4.80. The van der Waals surface area contributed by atoms with Crippen molar-refractivity contribution in [3.8, 4) is 0 Å². The summed E-state index contributed by atoms with van der Waals surface area (Å²) in [6.45, 7) is 4.46. The van der Waals surface area contributed by atoms with Crippen molar-refractivity contribution >= 4 is 70.4 Å². The summed E-state index contributed by atoms with van der Waals surface area (Å²) in [4.78, 5) is 4.80. The summed E-state index contributed by atoms with van der Waals surface area (Å²) >= 11 is 12.4. The van der Waals surface area contributed by atoms with E-state index in [0.29, 0.717) is 12.0 Å². The van der Waals surface area contributed by atoms with Gasteiger partial charge in [-0.15, -0.1) is 0 Å². The van der Waals surface area contributed by atoms with Gasteiger partial charge in [-0.1, -0.05) is 41.5 Å². The Bertz CT molecular complexity index is 480. The first-order chi connectivity index (χ1) is 8.97. The molecule has 1 aromatic rings. The van der Waals surface area contributed by atoms with Gasteiger partial charge in [-0.3, -0.25) is 4.99 Å². The van der Waals surface area contributed by atoms with Crippen LogP contribution in [-0.4, -0.2) is 17.0 Å². The lowest BCUT2D eigenvalue weighted by Gasteiger charge is -2.24. The van der Waals surface area contributed by atoms with E-state index in [4.69, 9.17) is 4.99 Å². The van der Waals surface area contributed by atoms with Crippen LogP contribution in [0.5, 0.6) is 0 Å². The molecular weight excluding hydrogens is 456 g/mol. The third-order valence-corrected chi connectivity index (χ3v) is 5.57. The molecule has 1 aliphatic heterocycles. The Morgan fingerprint density at radius 2 is 1.89 bits per heavy atom. The molecule has 1 aromatic carbocycles. The zero-order valence-corrected chi connectivity index (χ0v) is 16.3. The van der Waals surface area contributed by atoms with Crippen molar-refractivity contribution in [2.75, 3.05) is 11.1 Å². The normalized spacial score (nSPS) is 19.5. The SMILES string of the molecule is CC(C)C1CCSC(Nc2c(Br)cc(Br)cc2Br)=N1. The number of amidine groups is 1. The Kier molecular flexibility index (Phi) is 5.81. The highest BCUT2D eigenvalue weighted by atomic mass is 79.9. The van der Waals surface area contributed by atoms with Crippen molar-refractivity contribution in [1.29, 1.82) is 0 Å². The van der Waals surface area contributed by atoms with Gasteiger partial charge in [0.25, 0.3) is 0 Å². The summed E-state index contributed by atoms with van der Waals surface area (Å²) < 4.78 is 3.07. The lowest BCUT2D eigenvalue weighted by Crippen LogP contribution is -2.24. The van der Waals surface area contributed by atoms with Crippen molar-refractivity contribution in [2.45, 2.75) is 26.3 Å². The van der Waals surface area contributed by atoms with Gasteiger partial charge in [-0.25, -0.2) is 0 Å². The van der Waals surface area contributed by atoms with Crippen LogP contribution in [0.2, 0.25) is 0 Å². The minimum absolute atomic E-state index is 0.428. The Hall–Kier alpha value is 0.480. The first-order valence-electron chi connectivity index (χ1n) is 6.09. The second-order valence-electron chi connectivity index (χ2n) is 4.75. The maximum atomic E-state index is 4.80. The van der Waals surface area contributed by atoms with Gasteiger partial charge in [-0.05, 0) is 56.3 Å². The summed E-state index contributed by atoms with van der Waals surface area (Å²) in [5, 5.41) is 4.44. The van der Waals surface area contributed by atoms with Crippen LogP contribution in [0, 0.1) is 5.92 Å². The van der Waals surface area contributed by atoms with Crippen LogP contribution >= 0.6 is 59.6 Å². The van der Waals surface area contributed by atoms with Gasteiger partial charge < -0.3 is 5.32 Å². The molecule has 0 bridgehead atoms. The van der Waals surface area contributed by atoms with E-state index in [1.165, 1.54) is 0 Å².